The summed E-state index contributed by atoms with van der Waals surface area (Å²) in [5, 5.41) is 2.77. The Morgan fingerprint density at radius 1 is 0.833 bits per heavy atom. The Labute approximate surface area is 176 Å². The van der Waals surface area contributed by atoms with Gasteiger partial charge in [0.15, 0.2) is 6.61 Å². The van der Waals surface area contributed by atoms with Gasteiger partial charge in [0.05, 0.1) is 12.7 Å². The lowest BCUT2D eigenvalue weighted by Crippen LogP contribution is -2.30. The Bertz CT molecular complexity index is 985. The number of hydrogen-bond donors (Lipinski definition) is 1. The zero-order valence-electron chi connectivity index (χ0n) is 17.0. The Balaban J connectivity index is 1.50. The highest BCUT2D eigenvalue weighted by Gasteiger charge is 2.14. The van der Waals surface area contributed by atoms with Crippen LogP contribution in [0.3, 0.4) is 0 Å². The van der Waals surface area contributed by atoms with Gasteiger partial charge < -0.3 is 14.8 Å². The van der Waals surface area contributed by atoms with E-state index >= 15 is 0 Å². The highest BCUT2D eigenvalue weighted by atomic mass is 16.5. The SMILES string of the molecule is COc1ccccc1CCNC(=O)COC(=O)c1ccccc1Cc1ccccc1. The summed E-state index contributed by atoms with van der Waals surface area (Å²) < 4.78 is 10.5. The second-order valence-corrected chi connectivity index (χ2v) is 6.81. The molecule has 5 nitrogen and oxygen atoms in total. The third-order valence-electron chi connectivity index (χ3n) is 4.72. The predicted molar refractivity (Wildman–Crippen MR) is 116 cm³/mol. The fraction of sp³-hybridized carbons (Fsp3) is 0.200. The van der Waals surface area contributed by atoms with Gasteiger partial charge in [-0.15, -0.1) is 0 Å². The predicted octanol–water partition coefficient (Wildman–Crippen LogP) is 3.80. The summed E-state index contributed by atoms with van der Waals surface area (Å²) >= 11 is 0. The van der Waals surface area contributed by atoms with Gasteiger partial charge >= 0.3 is 5.97 Å². The summed E-state index contributed by atoms with van der Waals surface area (Å²) in [6.45, 7) is 0.117. The first-order chi connectivity index (χ1) is 14.7. The lowest BCUT2D eigenvalue weighted by Gasteiger charge is -2.11. The molecule has 0 aromatic heterocycles. The van der Waals surface area contributed by atoms with Crippen LogP contribution < -0.4 is 10.1 Å². The van der Waals surface area contributed by atoms with Crippen molar-refractivity contribution in [3.8, 4) is 5.75 Å². The van der Waals surface area contributed by atoms with Crippen molar-refractivity contribution in [2.24, 2.45) is 0 Å². The molecule has 0 spiro atoms. The molecule has 154 valence electrons. The van der Waals surface area contributed by atoms with Gasteiger partial charge in [0, 0.05) is 6.54 Å². The molecule has 3 aromatic carbocycles. The molecule has 0 heterocycles. The van der Waals surface area contributed by atoms with Gasteiger partial charge in [-0.25, -0.2) is 4.79 Å². The minimum Gasteiger partial charge on any atom is -0.496 e. The highest BCUT2D eigenvalue weighted by molar-refractivity contribution is 5.92. The number of carbonyl (C=O) groups excluding carboxylic acids is 2. The largest absolute Gasteiger partial charge is 0.496 e. The number of benzene rings is 3. The van der Waals surface area contributed by atoms with Crippen molar-refractivity contribution < 1.29 is 19.1 Å². The number of ether oxygens (including phenoxy) is 2. The van der Waals surface area contributed by atoms with Gasteiger partial charge in [0.1, 0.15) is 5.75 Å². The topological polar surface area (TPSA) is 64.6 Å². The molecule has 0 unspecified atom stereocenters. The van der Waals surface area contributed by atoms with Gasteiger partial charge in [-0.05, 0) is 41.7 Å². The van der Waals surface area contributed by atoms with E-state index in [2.05, 4.69) is 5.32 Å². The van der Waals surface area contributed by atoms with Crippen LogP contribution in [0, 0.1) is 0 Å². The molecule has 1 amide bonds. The monoisotopic (exact) mass is 403 g/mol. The molecule has 0 saturated heterocycles. The van der Waals surface area contributed by atoms with Crippen molar-refractivity contribution >= 4 is 11.9 Å². The van der Waals surface area contributed by atoms with Gasteiger partial charge in [0.25, 0.3) is 5.91 Å². The second kappa shape index (κ2) is 10.8. The molecule has 0 radical (unpaired) electrons. The van der Waals surface area contributed by atoms with E-state index < -0.39 is 5.97 Å². The number of carbonyl (C=O) groups is 2. The summed E-state index contributed by atoms with van der Waals surface area (Å²) in [7, 11) is 1.62. The molecule has 1 N–H and O–H groups in total. The molecule has 0 bridgehead atoms. The zero-order chi connectivity index (χ0) is 21.2. The van der Waals surface area contributed by atoms with E-state index in [1.807, 2.05) is 66.7 Å². The number of esters is 1. The number of methoxy groups -OCH3 is 1. The number of amides is 1. The molecule has 0 aliphatic heterocycles. The lowest BCUT2D eigenvalue weighted by molar-refractivity contribution is -0.124. The summed E-state index contributed by atoms with van der Waals surface area (Å²) in [4.78, 5) is 24.6. The molecule has 0 aliphatic carbocycles. The van der Waals surface area contributed by atoms with Crippen molar-refractivity contribution in [2.45, 2.75) is 12.8 Å². The van der Waals surface area contributed by atoms with E-state index in [-0.39, 0.29) is 12.5 Å². The van der Waals surface area contributed by atoms with E-state index in [9.17, 15) is 9.59 Å². The van der Waals surface area contributed by atoms with Crippen LogP contribution in [0.4, 0.5) is 0 Å². The Morgan fingerprint density at radius 2 is 1.50 bits per heavy atom. The van der Waals surface area contributed by atoms with Gasteiger partial charge in [-0.2, -0.15) is 0 Å². The van der Waals surface area contributed by atoms with Crippen LogP contribution in [0.25, 0.3) is 0 Å². The molecule has 0 fully saturated rings. The molecular weight excluding hydrogens is 378 g/mol. The number of hydrogen-bond acceptors (Lipinski definition) is 4. The fourth-order valence-corrected chi connectivity index (χ4v) is 3.20. The molecule has 30 heavy (non-hydrogen) atoms. The quantitative estimate of drug-likeness (QED) is 0.552. The fourth-order valence-electron chi connectivity index (χ4n) is 3.20. The van der Waals surface area contributed by atoms with E-state index in [1.54, 1.807) is 19.2 Å². The third-order valence-corrected chi connectivity index (χ3v) is 4.72. The number of rotatable bonds is 9. The van der Waals surface area contributed by atoms with Crippen LogP contribution in [0.5, 0.6) is 5.75 Å². The average Bonchev–Trinajstić information content (AvgIpc) is 2.79. The smallest absolute Gasteiger partial charge is 0.338 e. The van der Waals surface area contributed by atoms with E-state index in [0.29, 0.717) is 24.9 Å². The molecule has 5 heteroatoms. The molecule has 0 aliphatic rings. The molecule has 0 saturated carbocycles. The molecule has 3 aromatic rings. The van der Waals surface area contributed by atoms with Gasteiger partial charge in [-0.3, -0.25) is 4.79 Å². The maximum atomic E-state index is 12.5. The molecule has 0 atom stereocenters. The van der Waals surface area contributed by atoms with Crippen molar-refractivity contribution in [1.29, 1.82) is 0 Å². The minimum atomic E-state index is -0.499. The van der Waals surface area contributed by atoms with Crippen LogP contribution in [0.1, 0.15) is 27.0 Å². The van der Waals surface area contributed by atoms with Crippen molar-refractivity contribution in [3.05, 3.63) is 101 Å². The zero-order valence-corrected chi connectivity index (χ0v) is 17.0. The first-order valence-electron chi connectivity index (χ1n) is 9.85. The van der Waals surface area contributed by atoms with Crippen LogP contribution in [-0.2, 0) is 22.4 Å². The Kier molecular flexibility index (Phi) is 7.61. The van der Waals surface area contributed by atoms with Crippen LogP contribution in [0.2, 0.25) is 0 Å². The third kappa shape index (κ3) is 5.95. The lowest BCUT2D eigenvalue weighted by atomic mass is 10.00. The summed E-state index contributed by atoms with van der Waals surface area (Å²) in [6, 6.07) is 24.9. The highest BCUT2D eigenvalue weighted by Crippen LogP contribution is 2.17. The summed E-state index contributed by atoms with van der Waals surface area (Å²) in [5.74, 6) is -0.0478. The first-order valence-corrected chi connectivity index (χ1v) is 9.85. The summed E-state index contributed by atoms with van der Waals surface area (Å²) in [5.41, 5.74) is 3.45. The molecule has 3 rings (SSSR count). The molecular formula is C25H25NO4. The Morgan fingerprint density at radius 3 is 2.27 bits per heavy atom. The number of para-hydroxylation sites is 1. The van der Waals surface area contributed by atoms with E-state index in [0.717, 1.165) is 22.4 Å². The minimum absolute atomic E-state index is 0.315. The van der Waals surface area contributed by atoms with Crippen LogP contribution in [0.15, 0.2) is 78.9 Å². The normalized spacial score (nSPS) is 10.3. The Hall–Kier alpha value is -3.60. The first kappa shape index (κ1) is 21.1. The van der Waals surface area contributed by atoms with Crippen molar-refractivity contribution in [2.75, 3.05) is 20.3 Å². The maximum absolute atomic E-state index is 12.5. The average molecular weight is 403 g/mol. The summed E-state index contributed by atoms with van der Waals surface area (Å²) in [6.07, 6.45) is 1.25. The standard InChI is InChI=1S/C25H25NO4/c1-29-23-14-8-6-11-20(23)15-16-26-24(27)18-30-25(28)22-13-7-5-12-21(22)17-19-9-3-2-4-10-19/h2-14H,15-18H2,1H3,(H,26,27). The van der Waals surface area contributed by atoms with Crippen molar-refractivity contribution in [1.82, 2.24) is 5.32 Å². The van der Waals surface area contributed by atoms with E-state index in [1.165, 1.54) is 0 Å². The van der Waals surface area contributed by atoms with Crippen LogP contribution >= 0.6 is 0 Å². The van der Waals surface area contributed by atoms with Gasteiger partial charge in [0.2, 0.25) is 0 Å². The van der Waals surface area contributed by atoms with E-state index in [4.69, 9.17) is 9.47 Å². The van der Waals surface area contributed by atoms with Crippen LogP contribution in [-0.4, -0.2) is 32.1 Å². The van der Waals surface area contributed by atoms with Gasteiger partial charge in [-0.1, -0.05) is 66.7 Å². The maximum Gasteiger partial charge on any atom is 0.338 e. The van der Waals surface area contributed by atoms with Crippen molar-refractivity contribution in [3.63, 3.8) is 0 Å². The number of nitrogens with one attached hydrogen (secondary N) is 1. The second-order valence-electron chi connectivity index (χ2n) is 6.81.